The summed E-state index contributed by atoms with van der Waals surface area (Å²) in [6, 6.07) is 41.2. The second-order valence-electron chi connectivity index (χ2n) is 11.1. The zero-order valence-corrected chi connectivity index (χ0v) is 27.2. The molecule has 223 valence electrons. The first-order valence-electron chi connectivity index (χ1n) is 18.1. The van der Waals surface area contributed by atoms with Gasteiger partial charge in [0, 0.05) is 43.5 Å². The van der Waals surface area contributed by atoms with Crippen molar-refractivity contribution in [2.24, 2.45) is 5.41 Å². The van der Waals surface area contributed by atoms with Gasteiger partial charge in [-0.1, -0.05) is 112 Å². The molecule has 2 aromatic heterocycles. The van der Waals surface area contributed by atoms with Crippen LogP contribution in [0, 0.1) is 31.3 Å². The Morgan fingerprint density at radius 3 is 2.00 bits per heavy atom. The summed E-state index contributed by atoms with van der Waals surface area (Å²) in [5.41, 5.74) is 7.04. The summed E-state index contributed by atoms with van der Waals surface area (Å²) in [5.74, 6) is 0. The molecule has 0 aliphatic rings. The van der Waals surface area contributed by atoms with E-state index in [1.807, 2.05) is 118 Å². The minimum absolute atomic E-state index is 0. The van der Waals surface area contributed by atoms with E-state index in [1.54, 1.807) is 12.1 Å². The van der Waals surface area contributed by atoms with E-state index in [0.717, 1.165) is 27.9 Å². The molecule has 0 N–H and O–H groups in total. The van der Waals surface area contributed by atoms with Crippen LogP contribution < -0.4 is 0 Å². The number of rotatable bonds is 5. The van der Waals surface area contributed by atoms with Gasteiger partial charge in [-0.2, -0.15) is 0 Å². The molecule has 0 saturated carbocycles. The fourth-order valence-corrected chi connectivity index (χ4v) is 4.50. The molecule has 6 aromatic rings. The predicted molar refractivity (Wildman–Crippen MR) is 181 cm³/mol. The van der Waals surface area contributed by atoms with Crippen LogP contribution >= 0.6 is 0 Å². The molecular formula is C41H38IrN2-2. The molecule has 4 aromatic carbocycles. The van der Waals surface area contributed by atoms with E-state index < -0.39 is 25.5 Å². The third-order valence-electron chi connectivity index (χ3n) is 6.56. The summed E-state index contributed by atoms with van der Waals surface area (Å²) in [7, 11) is 0. The largest absolute Gasteiger partial charge is 0.304 e. The van der Waals surface area contributed by atoms with E-state index in [1.165, 1.54) is 18.3 Å². The smallest absolute Gasteiger partial charge is 0.0321 e. The number of benzene rings is 4. The maximum atomic E-state index is 8.37. The van der Waals surface area contributed by atoms with Crippen LogP contribution in [-0.4, -0.2) is 9.97 Å². The Morgan fingerprint density at radius 2 is 1.39 bits per heavy atom. The SMILES string of the molecule is [2H]C([2H])([2H])c1ccc(-c2[c-]cc(C([2H])([2H])[2H])c(-c3ccccc3)c2)nc1.[2H]C([2H])(c1ccc(-c2ccc(-c3[c-]cccc3)nc2)cc1)C(C)(C)C.[Ir]. The molecule has 44 heavy (non-hydrogen) atoms. The third-order valence-corrected chi connectivity index (χ3v) is 6.56. The van der Waals surface area contributed by atoms with Gasteiger partial charge in [0.05, 0.1) is 0 Å². The van der Waals surface area contributed by atoms with Crippen molar-refractivity contribution >= 4 is 0 Å². The normalized spacial score (nSPS) is 14.3. The molecule has 0 atom stereocenters. The van der Waals surface area contributed by atoms with Crippen LogP contribution in [0.2, 0.25) is 0 Å². The molecule has 0 saturated heterocycles. The molecular weight excluding hydrogens is 713 g/mol. The summed E-state index contributed by atoms with van der Waals surface area (Å²) in [4.78, 5) is 8.74. The summed E-state index contributed by atoms with van der Waals surface area (Å²) < 4.78 is 62.3. The molecule has 2 heterocycles. The van der Waals surface area contributed by atoms with Crippen molar-refractivity contribution < 1.29 is 31.1 Å². The maximum absolute atomic E-state index is 8.37. The molecule has 0 aliphatic carbocycles. The molecule has 0 aliphatic heterocycles. The van der Waals surface area contributed by atoms with Crippen LogP contribution in [0.1, 0.15) is 48.4 Å². The number of aromatic nitrogens is 2. The number of pyridine rings is 2. The number of hydrogen-bond donors (Lipinski definition) is 0. The van der Waals surface area contributed by atoms with Crippen molar-refractivity contribution in [1.82, 2.24) is 9.97 Å². The Kier molecular flexibility index (Phi) is 7.93. The maximum Gasteiger partial charge on any atom is 0.0321 e. The summed E-state index contributed by atoms with van der Waals surface area (Å²) in [6.07, 6.45) is 1.79. The molecule has 1 radical (unpaired) electrons. The van der Waals surface area contributed by atoms with Crippen molar-refractivity contribution in [3.8, 4) is 44.8 Å². The van der Waals surface area contributed by atoms with Crippen LogP contribution in [0.4, 0.5) is 0 Å². The minimum atomic E-state index is -2.27. The Morgan fingerprint density at radius 1 is 0.682 bits per heavy atom. The molecule has 0 spiro atoms. The molecule has 2 nitrogen and oxygen atoms in total. The van der Waals surface area contributed by atoms with Gasteiger partial charge in [-0.3, -0.25) is 0 Å². The zero-order chi connectivity index (χ0) is 37.0. The Labute approximate surface area is 287 Å². The second kappa shape index (κ2) is 15.0. The Bertz CT molecular complexity index is 2040. The molecule has 0 fully saturated rings. The van der Waals surface area contributed by atoms with Gasteiger partial charge in [0.15, 0.2) is 0 Å². The van der Waals surface area contributed by atoms with Crippen molar-refractivity contribution in [2.45, 2.75) is 40.8 Å². The van der Waals surface area contributed by atoms with Gasteiger partial charge in [0.1, 0.15) is 0 Å². The standard InChI is InChI=1S/C22H22N.C19H16N.Ir/c1-22(2,3)15-17-9-11-18(12-10-17)20-13-14-21(23-16-20)19-7-5-4-6-8-19;1-14-8-11-19(20-13-14)17-10-9-15(2)18(12-17)16-6-4-3-5-7-16;/h4-7,9-14,16H,15H2,1-3H3;3-9,11-13H,1-2H3;/q2*-1;/i15D2;1D3,2D3;. The topological polar surface area (TPSA) is 25.8 Å². The van der Waals surface area contributed by atoms with E-state index in [2.05, 4.69) is 22.1 Å². The fraction of sp³-hybridized carbons (Fsp3) is 0.171. The van der Waals surface area contributed by atoms with Gasteiger partial charge >= 0.3 is 0 Å². The van der Waals surface area contributed by atoms with Gasteiger partial charge in [-0.15, -0.1) is 65.2 Å². The monoisotopic (exact) mass is 759 g/mol. The summed E-state index contributed by atoms with van der Waals surface area (Å²) >= 11 is 0. The van der Waals surface area contributed by atoms with Gasteiger partial charge in [0.25, 0.3) is 0 Å². The first-order chi connectivity index (χ1) is 23.9. The first kappa shape index (κ1) is 23.2. The summed E-state index contributed by atoms with van der Waals surface area (Å²) in [5, 5.41) is 0. The average Bonchev–Trinajstić information content (AvgIpc) is 3.11. The summed E-state index contributed by atoms with van der Waals surface area (Å²) in [6.45, 7) is 1.28. The van der Waals surface area contributed by atoms with Gasteiger partial charge < -0.3 is 9.97 Å². The van der Waals surface area contributed by atoms with E-state index >= 15 is 0 Å². The van der Waals surface area contributed by atoms with Crippen LogP contribution in [0.3, 0.4) is 0 Å². The Hall–Kier alpha value is -4.17. The quantitative estimate of drug-likeness (QED) is 0.164. The molecule has 6 rings (SSSR count). The third kappa shape index (κ3) is 8.92. The van der Waals surface area contributed by atoms with Gasteiger partial charge in [-0.05, 0) is 57.8 Å². The molecule has 0 amide bonds. The molecule has 0 bridgehead atoms. The predicted octanol–water partition coefficient (Wildman–Crippen LogP) is 10.6. The van der Waals surface area contributed by atoms with E-state index in [4.69, 9.17) is 11.0 Å². The second-order valence-corrected chi connectivity index (χ2v) is 11.1. The average molecular weight is 759 g/mol. The van der Waals surface area contributed by atoms with Crippen molar-refractivity contribution in [3.63, 3.8) is 0 Å². The molecule has 0 unspecified atom stereocenters. The first-order valence-corrected chi connectivity index (χ1v) is 14.1. The van der Waals surface area contributed by atoms with E-state index in [-0.39, 0.29) is 31.2 Å². The van der Waals surface area contributed by atoms with Crippen LogP contribution in [0.25, 0.3) is 44.8 Å². The van der Waals surface area contributed by atoms with Crippen LogP contribution in [-0.2, 0) is 26.5 Å². The zero-order valence-electron chi connectivity index (χ0n) is 32.9. The van der Waals surface area contributed by atoms with Crippen molar-refractivity contribution in [2.75, 3.05) is 0 Å². The minimum Gasteiger partial charge on any atom is -0.304 e. The van der Waals surface area contributed by atoms with Gasteiger partial charge in [0.2, 0.25) is 0 Å². The number of hydrogen-bond acceptors (Lipinski definition) is 2. The fourth-order valence-electron chi connectivity index (χ4n) is 4.50. The van der Waals surface area contributed by atoms with Crippen LogP contribution in [0.5, 0.6) is 0 Å². The number of aryl methyl sites for hydroxylation is 2. The Balaban J connectivity index is 0.000000228. The van der Waals surface area contributed by atoms with Crippen molar-refractivity contribution in [1.29, 1.82) is 0 Å². The van der Waals surface area contributed by atoms with E-state index in [0.29, 0.717) is 22.4 Å². The molecule has 3 heteroatoms. The van der Waals surface area contributed by atoms with E-state index in [9.17, 15) is 0 Å². The number of nitrogens with zero attached hydrogens (tertiary/aromatic N) is 2. The van der Waals surface area contributed by atoms with Crippen molar-refractivity contribution in [3.05, 3.63) is 156 Å². The van der Waals surface area contributed by atoms with Gasteiger partial charge in [-0.25, -0.2) is 0 Å². The van der Waals surface area contributed by atoms with Crippen LogP contribution in [0.15, 0.2) is 128 Å².